The van der Waals surface area contributed by atoms with Gasteiger partial charge in [-0.25, -0.2) is 9.37 Å². The van der Waals surface area contributed by atoms with E-state index in [9.17, 15) is 4.39 Å². The second-order valence-electron chi connectivity index (χ2n) is 4.52. The zero-order valence-corrected chi connectivity index (χ0v) is 11.6. The molecule has 0 fully saturated rings. The van der Waals surface area contributed by atoms with Crippen LogP contribution in [0.15, 0.2) is 36.7 Å². The third-order valence-corrected chi connectivity index (χ3v) is 2.82. The maximum Gasteiger partial charge on any atom is 0.146 e. The van der Waals surface area contributed by atoms with E-state index in [0.717, 1.165) is 43.1 Å². The third kappa shape index (κ3) is 4.50. The van der Waals surface area contributed by atoms with Crippen molar-refractivity contribution in [1.29, 1.82) is 0 Å². The van der Waals surface area contributed by atoms with Crippen molar-refractivity contribution in [1.82, 2.24) is 9.97 Å². The molecule has 0 amide bonds. The molecule has 1 heterocycles. The van der Waals surface area contributed by atoms with Gasteiger partial charge in [0.2, 0.25) is 0 Å². The Kier molecular flexibility index (Phi) is 5.29. The van der Waals surface area contributed by atoms with Crippen molar-refractivity contribution in [2.24, 2.45) is 0 Å². The molecule has 1 aromatic carbocycles. The van der Waals surface area contributed by atoms with Gasteiger partial charge in [0.15, 0.2) is 0 Å². The lowest BCUT2D eigenvalue weighted by molar-refractivity contribution is 0.627. The van der Waals surface area contributed by atoms with Crippen molar-refractivity contribution in [2.75, 3.05) is 23.7 Å². The van der Waals surface area contributed by atoms with E-state index in [1.54, 1.807) is 24.5 Å². The maximum atomic E-state index is 12.8. The molecule has 5 heteroatoms. The minimum absolute atomic E-state index is 0.206. The smallest absolute Gasteiger partial charge is 0.146 e. The summed E-state index contributed by atoms with van der Waals surface area (Å²) in [5.74, 6) is 1.31. The zero-order valence-electron chi connectivity index (χ0n) is 11.6. The Hall–Kier alpha value is -2.17. The number of halogens is 1. The summed E-state index contributed by atoms with van der Waals surface area (Å²) in [5, 5.41) is 6.41. The molecule has 0 radical (unpaired) electrons. The lowest BCUT2D eigenvalue weighted by Crippen LogP contribution is -2.09. The van der Waals surface area contributed by atoms with Crippen LogP contribution < -0.4 is 10.6 Å². The Labute approximate surface area is 118 Å². The predicted octanol–water partition coefficient (Wildman–Crippen LogP) is 3.09. The number of hydrogen-bond donors (Lipinski definition) is 2. The standard InChI is InChI=1S/C15H19FN4/c1-2-8-18-14-10-17-11-15(20-14)19-9-7-12-3-5-13(16)6-4-12/h3-6,10-11H,2,7-9H2,1H3,(H2,18,19,20). The van der Waals surface area contributed by atoms with Crippen molar-refractivity contribution in [3.63, 3.8) is 0 Å². The van der Waals surface area contributed by atoms with Crippen LogP contribution in [0.5, 0.6) is 0 Å². The van der Waals surface area contributed by atoms with Gasteiger partial charge < -0.3 is 10.6 Å². The van der Waals surface area contributed by atoms with Gasteiger partial charge in [0.25, 0.3) is 0 Å². The van der Waals surface area contributed by atoms with Gasteiger partial charge in [0, 0.05) is 13.1 Å². The Bertz CT molecular complexity index is 528. The fourth-order valence-electron chi connectivity index (χ4n) is 1.78. The Morgan fingerprint density at radius 2 is 1.65 bits per heavy atom. The van der Waals surface area contributed by atoms with E-state index < -0.39 is 0 Å². The van der Waals surface area contributed by atoms with Gasteiger partial charge in [-0.1, -0.05) is 19.1 Å². The molecule has 0 unspecified atom stereocenters. The lowest BCUT2D eigenvalue weighted by Gasteiger charge is -2.08. The summed E-state index contributed by atoms with van der Waals surface area (Å²) in [6, 6.07) is 6.54. The molecule has 2 aromatic rings. The molecule has 0 saturated carbocycles. The largest absolute Gasteiger partial charge is 0.369 e. The van der Waals surface area contributed by atoms with E-state index >= 15 is 0 Å². The number of hydrogen-bond acceptors (Lipinski definition) is 4. The van der Waals surface area contributed by atoms with Crippen LogP contribution in [-0.2, 0) is 6.42 Å². The number of benzene rings is 1. The molecule has 0 atom stereocenters. The molecular weight excluding hydrogens is 255 g/mol. The van der Waals surface area contributed by atoms with E-state index in [-0.39, 0.29) is 5.82 Å². The summed E-state index contributed by atoms with van der Waals surface area (Å²) in [6.07, 6.45) is 5.26. The van der Waals surface area contributed by atoms with Crippen LogP contribution in [0.2, 0.25) is 0 Å². The predicted molar refractivity (Wildman–Crippen MR) is 79.4 cm³/mol. The first-order chi connectivity index (χ1) is 9.78. The number of nitrogens with one attached hydrogen (secondary N) is 2. The average Bonchev–Trinajstić information content (AvgIpc) is 2.48. The van der Waals surface area contributed by atoms with Crippen molar-refractivity contribution >= 4 is 11.6 Å². The van der Waals surface area contributed by atoms with Gasteiger partial charge >= 0.3 is 0 Å². The highest BCUT2D eigenvalue weighted by Crippen LogP contribution is 2.08. The minimum atomic E-state index is -0.206. The first-order valence-electron chi connectivity index (χ1n) is 6.82. The average molecular weight is 274 g/mol. The van der Waals surface area contributed by atoms with Gasteiger partial charge in [-0.15, -0.1) is 0 Å². The molecule has 4 nitrogen and oxygen atoms in total. The first kappa shape index (κ1) is 14.2. The van der Waals surface area contributed by atoms with E-state index in [0.29, 0.717) is 0 Å². The summed E-state index contributed by atoms with van der Waals surface area (Å²) in [4.78, 5) is 8.55. The number of nitrogens with zero attached hydrogens (tertiary/aromatic N) is 2. The summed E-state index contributed by atoms with van der Waals surface area (Å²) in [5.41, 5.74) is 1.09. The number of rotatable bonds is 7. The van der Waals surface area contributed by atoms with Crippen molar-refractivity contribution < 1.29 is 4.39 Å². The monoisotopic (exact) mass is 274 g/mol. The van der Waals surface area contributed by atoms with Gasteiger partial charge in [0.1, 0.15) is 17.5 Å². The molecule has 106 valence electrons. The van der Waals surface area contributed by atoms with Crippen LogP contribution in [0.1, 0.15) is 18.9 Å². The molecule has 20 heavy (non-hydrogen) atoms. The van der Waals surface area contributed by atoms with E-state index in [2.05, 4.69) is 27.5 Å². The normalized spacial score (nSPS) is 10.3. The van der Waals surface area contributed by atoms with Crippen LogP contribution in [0, 0.1) is 5.82 Å². The Morgan fingerprint density at radius 3 is 2.30 bits per heavy atom. The second kappa shape index (κ2) is 7.43. The fraction of sp³-hybridized carbons (Fsp3) is 0.333. The zero-order chi connectivity index (χ0) is 14.2. The molecule has 0 saturated heterocycles. The summed E-state index contributed by atoms with van der Waals surface area (Å²) >= 11 is 0. The molecule has 0 spiro atoms. The Morgan fingerprint density at radius 1 is 1.00 bits per heavy atom. The highest BCUT2D eigenvalue weighted by atomic mass is 19.1. The van der Waals surface area contributed by atoms with Crippen molar-refractivity contribution in [3.8, 4) is 0 Å². The molecule has 2 rings (SSSR count). The molecule has 0 bridgehead atoms. The van der Waals surface area contributed by atoms with Crippen molar-refractivity contribution in [3.05, 3.63) is 48.0 Å². The van der Waals surface area contributed by atoms with Gasteiger partial charge in [-0.3, -0.25) is 4.98 Å². The summed E-state index contributed by atoms with van der Waals surface area (Å²) < 4.78 is 12.8. The van der Waals surface area contributed by atoms with Gasteiger partial charge in [-0.2, -0.15) is 0 Å². The molecule has 2 N–H and O–H groups in total. The minimum Gasteiger partial charge on any atom is -0.369 e. The fourth-order valence-corrected chi connectivity index (χ4v) is 1.78. The second-order valence-corrected chi connectivity index (χ2v) is 4.52. The maximum absolute atomic E-state index is 12.8. The quantitative estimate of drug-likeness (QED) is 0.814. The van der Waals surface area contributed by atoms with Crippen LogP contribution in [0.3, 0.4) is 0 Å². The van der Waals surface area contributed by atoms with Gasteiger partial charge in [0.05, 0.1) is 12.4 Å². The number of aromatic nitrogens is 2. The van der Waals surface area contributed by atoms with Crippen molar-refractivity contribution in [2.45, 2.75) is 19.8 Å². The topological polar surface area (TPSA) is 49.8 Å². The third-order valence-electron chi connectivity index (χ3n) is 2.82. The SMILES string of the molecule is CCCNc1cncc(NCCc2ccc(F)cc2)n1. The van der Waals surface area contributed by atoms with Gasteiger partial charge in [-0.05, 0) is 30.5 Å². The van der Waals surface area contributed by atoms with Crippen LogP contribution >= 0.6 is 0 Å². The van der Waals surface area contributed by atoms with E-state index in [4.69, 9.17) is 0 Å². The molecule has 0 aliphatic heterocycles. The van der Waals surface area contributed by atoms with E-state index in [1.807, 2.05) is 0 Å². The lowest BCUT2D eigenvalue weighted by atomic mass is 10.1. The molecule has 0 aliphatic carbocycles. The first-order valence-corrected chi connectivity index (χ1v) is 6.82. The highest BCUT2D eigenvalue weighted by molar-refractivity contribution is 5.41. The number of anilines is 2. The van der Waals surface area contributed by atoms with Crippen LogP contribution in [0.25, 0.3) is 0 Å². The summed E-state index contributed by atoms with van der Waals surface area (Å²) in [6.45, 7) is 3.72. The molecular formula is C15H19FN4. The van der Waals surface area contributed by atoms with Crippen LogP contribution in [-0.4, -0.2) is 23.1 Å². The summed E-state index contributed by atoms with van der Waals surface area (Å²) in [7, 11) is 0. The van der Waals surface area contributed by atoms with E-state index in [1.165, 1.54) is 12.1 Å². The van der Waals surface area contributed by atoms with Crippen LogP contribution in [0.4, 0.5) is 16.0 Å². The highest BCUT2D eigenvalue weighted by Gasteiger charge is 1.98. The molecule has 0 aliphatic rings. The Balaban J connectivity index is 1.82. The molecule has 1 aromatic heterocycles.